The van der Waals surface area contributed by atoms with Gasteiger partial charge in [-0.3, -0.25) is 9.36 Å². The van der Waals surface area contributed by atoms with Crippen LogP contribution >= 0.6 is 11.8 Å². The Morgan fingerprint density at radius 3 is 2.59 bits per heavy atom. The maximum absolute atomic E-state index is 13.0. The molecule has 1 aliphatic heterocycles. The van der Waals surface area contributed by atoms with Crippen molar-refractivity contribution < 1.29 is 32.3 Å². The van der Waals surface area contributed by atoms with Crippen LogP contribution in [0.15, 0.2) is 54.7 Å². The molecule has 9 nitrogen and oxygen atoms in total. The van der Waals surface area contributed by atoms with Crippen LogP contribution in [-0.2, 0) is 4.79 Å². The summed E-state index contributed by atoms with van der Waals surface area (Å²) in [7, 11) is 0. The Morgan fingerprint density at radius 2 is 1.85 bits per heavy atom. The minimum atomic E-state index is -4.86. The van der Waals surface area contributed by atoms with Gasteiger partial charge in [0.05, 0.1) is 11.2 Å². The SMILES string of the molecule is NC(=O)n1cc(NC(=O)N2CCS[C@H]2C(=O)Nc2cccc(OC(F)(F)F)c2)c2ccccc21. The lowest BCUT2D eigenvalue weighted by Crippen LogP contribution is -2.44. The van der Waals surface area contributed by atoms with E-state index >= 15 is 0 Å². The minimum Gasteiger partial charge on any atom is -0.406 e. The number of nitrogens with two attached hydrogens (primary N) is 1. The number of benzene rings is 2. The highest BCUT2D eigenvalue weighted by Gasteiger charge is 2.36. The highest BCUT2D eigenvalue weighted by molar-refractivity contribution is 8.00. The molecule has 0 spiro atoms. The number of aromatic nitrogens is 1. The highest BCUT2D eigenvalue weighted by atomic mass is 32.2. The number of carbonyl (C=O) groups is 3. The van der Waals surface area contributed by atoms with Gasteiger partial charge in [0.25, 0.3) is 5.91 Å². The van der Waals surface area contributed by atoms with E-state index in [0.717, 1.165) is 12.1 Å². The van der Waals surface area contributed by atoms with Gasteiger partial charge < -0.3 is 26.0 Å². The molecule has 178 valence electrons. The molecule has 1 aliphatic rings. The number of thioether (sulfide) groups is 1. The monoisotopic (exact) mass is 493 g/mol. The molecule has 2 heterocycles. The second kappa shape index (κ2) is 9.17. The second-order valence-corrected chi connectivity index (χ2v) is 8.37. The van der Waals surface area contributed by atoms with Crippen molar-refractivity contribution in [1.29, 1.82) is 0 Å². The lowest BCUT2D eigenvalue weighted by molar-refractivity contribution is -0.274. The number of urea groups is 1. The standard InChI is InChI=1S/C21H18F3N5O4S/c22-21(23,24)33-13-5-3-4-12(10-13)26-17(30)18-28(8-9-34-18)20(32)27-15-11-29(19(25)31)16-7-2-1-6-14(15)16/h1-7,10-11,18H,8-9H2,(H2,25,31)(H,26,30)(H,27,32)/t18-/m0/s1. The molecule has 1 aromatic heterocycles. The molecule has 2 aromatic carbocycles. The number of ether oxygens (including phenoxy) is 1. The Morgan fingerprint density at radius 1 is 1.09 bits per heavy atom. The summed E-state index contributed by atoms with van der Waals surface area (Å²) in [6.45, 7) is 0.264. The molecule has 1 fully saturated rings. The van der Waals surface area contributed by atoms with E-state index in [9.17, 15) is 27.6 Å². The fourth-order valence-electron chi connectivity index (χ4n) is 3.52. The number of nitrogens with one attached hydrogen (secondary N) is 2. The zero-order valence-electron chi connectivity index (χ0n) is 17.3. The van der Waals surface area contributed by atoms with Crippen molar-refractivity contribution in [3.63, 3.8) is 0 Å². The van der Waals surface area contributed by atoms with Crippen LogP contribution in [0.4, 0.5) is 34.1 Å². The third-order valence-electron chi connectivity index (χ3n) is 4.90. The number of alkyl halides is 3. The molecular formula is C21H18F3N5O4S. The Labute approximate surface area is 195 Å². The van der Waals surface area contributed by atoms with Crippen LogP contribution < -0.4 is 21.1 Å². The molecule has 0 unspecified atom stereocenters. The molecule has 4 rings (SSSR count). The number of hydrogen-bond donors (Lipinski definition) is 3. The average molecular weight is 493 g/mol. The van der Waals surface area contributed by atoms with Gasteiger partial charge in [0.1, 0.15) is 5.75 Å². The lowest BCUT2D eigenvalue weighted by Gasteiger charge is -2.23. The lowest BCUT2D eigenvalue weighted by atomic mass is 10.2. The van der Waals surface area contributed by atoms with Crippen LogP contribution in [0.1, 0.15) is 0 Å². The molecule has 4 N–H and O–H groups in total. The van der Waals surface area contributed by atoms with Gasteiger partial charge in [-0.1, -0.05) is 24.3 Å². The van der Waals surface area contributed by atoms with Crippen LogP contribution in [0.25, 0.3) is 10.9 Å². The van der Waals surface area contributed by atoms with Crippen LogP contribution in [0.2, 0.25) is 0 Å². The highest BCUT2D eigenvalue weighted by Crippen LogP contribution is 2.30. The molecule has 0 bridgehead atoms. The molecule has 13 heteroatoms. The predicted molar refractivity (Wildman–Crippen MR) is 121 cm³/mol. The second-order valence-electron chi connectivity index (χ2n) is 7.18. The van der Waals surface area contributed by atoms with Gasteiger partial charge in [0.15, 0.2) is 5.37 Å². The molecule has 34 heavy (non-hydrogen) atoms. The molecule has 1 saturated heterocycles. The quantitative estimate of drug-likeness (QED) is 0.508. The van der Waals surface area contributed by atoms with Crippen LogP contribution in [-0.4, -0.2) is 51.5 Å². The number of hydrogen-bond acceptors (Lipinski definition) is 5. The van der Waals surface area contributed by atoms with Gasteiger partial charge in [-0.25, -0.2) is 9.59 Å². The zero-order valence-corrected chi connectivity index (χ0v) is 18.2. The summed E-state index contributed by atoms with van der Waals surface area (Å²) < 4.78 is 42.4. The molecule has 0 aliphatic carbocycles. The van der Waals surface area contributed by atoms with E-state index in [2.05, 4.69) is 15.4 Å². The number of halogens is 3. The Bertz CT molecular complexity index is 1260. The number of fused-ring (bicyclic) bond motifs is 1. The summed E-state index contributed by atoms with van der Waals surface area (Å²) in [5.74, 6) is -0.586. The van der Waals surface area contributed by atoms with Crippen molar-refractivity contribution in [2.75, 3.05) is 22.9 Å². The molecule has 0 radical (unpaired) electrons. The van der Waals surface area contributed by atoms with Gasteiger partial charge in [-0.05, 0) is 18.2 Å². The summed E-state index contributed by atoms with van der Waals surface area (Å²) in [4.78, 5) is 38.8. The largest absolute Gasteiger partial charge is 0.573 e. The van der Waals surface area contributed by atoms with Gasteiger partial charge in [-0.2, -0.15) is 0 Å². The average Bonchev–Trinajstić information content (AvgIpc) is 3.38. The number of para-hydroxylation sites is 1. The van der Waals surface area contributed by atoms with Crippen molar-refractivity contribution in [3.8, 4) is 5.75 Å². The number of carbonyl (C=O) groups excluding carboxylic acids is 3. The molecule has 4 amide bonds. The Kier molecular flexibility index (Phi) is 6.28. The van der Waals surface area contributed by atoms with Crippen LogP contribution in [0, 0.1) is 0 Å². The first kappa shape index (κ1) is 23.3. The smallest absolute Gasteiger partial charge is 0.406 e. The number of rotatable bonds is 4. The van der Waals surface area contributed by atoms with Gasteiger partial charge in [0, 0.05) is 35.6 Å². The normalized spacial score (nSPS) is 15.9. The molecular weight excluding hydrogens is 475 g/mol. The predicted octanol–water partition coefficient (Wildman–Crippen LogP) is 4.01. The van der Waals surface area contributed by atoms with Crippen molar-refractivity contribution in [2.45, 2.75) is 11.7 Å². The summed E-state index contributed by atoms with van der Waals surface area (Å²) in [6.07, 6.45) is -3.47. The van der Waals surface area contributed by atoms with Crippen molar-refractivity contribution in [1.82, 2.24) is 9.47 Å². The number of nitrogens with zero attached hydrogens (tertiary/aromatic N) is 2. The Hall–Kier alpha value is -3.87. The van der Waals surface area contributed by atoms with Gasteiger partial charge in [0.2, 0.25) is 0 Å². The summed E-state index contributed by atoms with van der Waals surface area (Å²) >= 11 is 1.21. The maximum atomic E-state index is 13.0. The third kappa shape index (κ3) is 5.03. The van der Waals surface area contributed by atoms with E-state index < -0.39 is 35.5 Å². The van der Waals surface area contributed by atoms with E-state index in [1.54, 1.807) is 24.3 Å². The molecule has 3 aromatic rings. The Balaban J connectivity index is 1.48. The summed E-state index contributed by atoms with van der Waals surface area (Å²) in [6, 6.07) is 10.4. The van der Waals surface area contributed by atoms with Crippen LogP contribution in [0.3, 0.4) is 0 Å². The molecule has 0 saturated carbocycles. The zero-order chi connectivity index (χ0) is 24.5. The van der Waals surface area contributed by atoms with E-state index in [-0.39, 0.29) is 12.2 Å². The number of amides is 4. The van der Waals surface area contributed by atoms with Crippen molar-refractivity contribution >= 4 is 52.0 Å². The fraction of sp³-hybridized carbons (Fsp3) is 0.190. The third-order valence-corrected chi connectivity index (χ3v) is 6.10. The van der Waals surface area contributed by atoms with E-state index in [1.807, 2.05) is 0 Å². The first-order chi connectivity index (χ1) is 16.1. The van der Waals surface area contributed by atoms with Crippen LogP contribution in [0.5, 0.6) is 5.75 Å². The first-order valence-corrected chi connectivity index (χ1v) is 10.9. The topological polar surface area (TPSA) is 119 Å². The first-order valence-electron chi connectivity index (χ1n) is 9.88. The van der Waals surface area contributed by atoms with Gasteiger partial charge >= 0.3 is 18.4 Å². The summed E-state index contributed by atoms with van der Waals surface area (Å²) in [5.41, 5.74) is 6.34. The van der Waals surface area contributed by atoms with Crippen molar-refractivity contribution in [3.05, 3.63) is 54.7 Å². The van der Waals surface area contributed by atoms with Gasteiger partial charge in [-0.15, -0.1) is 24.9 Å². The maximum Gasteiger partial charge on any atom is 0.573 e. The van der Waals surface area contributed by atoms with E-state index in [1.165, 1.54) is 39.6 Å². The number of anilines is 2. The minimum absolute atomic E-state index is 0.0872. The number of primary amides is 1. The fourth-order valence-corrected chi connectivity index (χ4v) is 4.64. The summed E-state index contributed by atoms with van der Waals surface area (Å²) in [5, 5.41) is 4.89. The molecule has 1 atom stereocenters. The van der Waals surface area contributed by atoms with E-state index in [0.29, 0.717) is 22.3 Å². The van der Waals surface area contributed by atoms with Crippen molar-refractivity contribution in [2.24, 2.45) is 5.73 Å². The van der Waals surface area contributed by atoms with E-state index in [4.69, 9.17) is 5.73 Å².